The van der Waals surface area contributed by atoms with Crippen LogP contribution in [-0.4, -0.2) is 56.7 Å². The van der Waals surface area contributed by atoms with E-state index in [2.05, 4.69) is 27.7 Å². The van der Waals surface area contributed by atoms with E-state index in [1.807, 2.05) is 18.2 Å². The number of ether oxygens (including phenoxy) is 1. The van der Waals surface area contributed by atoms with E-state index in [9.17, 15) is 4.79 Å². The lowest BCUT2D eigenvalue weighted by Gasteiger charge is -2.33. The van der Waals surface area contributed by atoms with E-state index in [4.69, 9.17) is 4.74 Å². The normalized spacial score (nSPS) is 21.5. The van der Waals surface area contributed by atoms with Crippen molar-refractivity contribution >= 4 is 5.91 Å². The van der Waals surface area contributed by atoms with E-state index < -0.39 is 0 Å². The Morgan fingerprint density at radius 2 is 2.00 bits per heavy atom. The topological polar surface area (TPSA) is 53.6 Å². The van der Waals surface area contributed by atoms with Crippen molar-refractivity contribution in [3.8, 4) is 0 Å². The summed E-state index contributed by atoms with van der Waals surface area (Å²) in [5.74, 6) is 0.289. The van der Waals surface area contributed by atoms with Gasteiger partial charge in [0.1, 0.15) is 0 Å². The van der Waals surface area contributed by atoms with Crippen LogP contribution < -0.4 is 10.6 Å². The first kappa shape index (κ1) is 14.5. The molecule has 0 aromatic heterocycles. The summed E-state index contributed by atoms with van der Waals surface area (Å²) in [6, 6.07) is 10.3. The third kappa shape index (κ3) is 3.81. The molecule has 1 unspecified atom stereocenters. The van der Waals surface area contributed by atoms with Crippen LogP contribution in [0.2, 0.25) is 0 Å². The van der Waals surface area contributed by atoms with Crippen LogP contribution in [0, 0.1) is 5.92 Å². The molecule has 0 bridgehead atoms. The molecular formula is C16H23N3O2. The molecule has 2 aliphatic heterocycles. The maximum Gasteiger partial charge on any atom is 0.226 e. The number of amides is 1. The van der Waals surface area contributed by atoms with E-state index in [0.29, 0.717) is 0 Å². The van der Waals surface area contributed by atoms with E-state index in [1.54, 1.807) is 0 Å². The Kier molecular flexibility index (Phi) is 4.85. The summed E-state index contributed by atoms with van der Waals surface area (Å²) < 4.78 is 5.40. The standard InChI is InChI=1S/C16H23N3O2/c20-16(14-10-17-11-14)18-15(13-4-2-1-3-5-13)12-19-6-8-21-9-7-19/h1-5,14-15,17H,6-12H2,(H,18,20). The van der Waals surface area contributed by atoms with Crippen LogP contribution in [0.4, 0.5) is 0 Å². The van der Waals surface area contributed by atoms with E-state index in [1.165, 1.54) is 5.56 Å². The fourth-order valence-corrected chi connectivity index (χ4v) is 2.73. The zero-order chi connectivity index (χ0) is 14.5. The van der Waals surface area contributed by atoms with Gasteiger partial charge in [0.15, 0.2) is 0 Å². The van der Waals surface area contributed by atoms with E-state index in [0.717, 1.165) is 45.9 Å². The van der Waals surface area contributed by atoms with Gasteiger partial charge in [-0.3, -0.25) is 9.69 Å². The Morgan fingerprint density at radius 1 is 1.29 bits per heavy atom. The molecule has 0 aliphatic carbocycles. The predicted octanol–water partition coefficient (Wildman–Crippen LogP) is 0.395. The lowest BCUT2D eigenvalue weighted by atomic mass is 10.00. The molecule has 0 radical (unpaired) electrons. The summed E-state index contributed by atoms with van der Waals surface area (Å²) in [5.41, 5.74) is 1.17. The molecule has 1 atom stereocenters. The van der Waals surface area contributed by atoms with Crippen molar-refractivity contribution < 1.29 is 9.53 Å². The molecular weight excluding hydrogens is 266 g/mol. The minimum absolute atomic E-state index is 0.0531. The maximum absolute atomic E-state index is 12.3. The van der Waals surface area contributed by atoms with Gasteiger partial charge in [-0.1, -0.05) is 30.3 Å². The van der Waals surface area contributed by atoms with Crippen molar-refractivity contribution in [3.05, 3.63) is 35.9 Å². The van der Waals surface area contributed by atoms with Crippen LogP contribution in [0.3, 0.4) is 0 Å². The van der Waals surface area contributed by atoms with Gasteiger partial charge in [0.2, 0.25) is 5.91 Å². The highest BCUT2D eigenvalue weighted by Gasteiger charge is 2.28. The average molecular weight is 289 g/mol. The lowest BCUT2D eigenvalue weighted by molar-refractivity contribution is -0.127. The molecule has 0 spiro atoms. The predicted molar refractivity (Wildman–Crippen MR) is 80.9 cm³/mol. The number of carbonyl (C=O) groups excluding carboxylic acids is 1. The molecule has 0 saturated carbocycles. The van der Waals surface area contributed by atoms with Crippen molar-refractivity contribution in [2.24, 2.45) is 5.92 Å². The van der Waals surface area contributed by atoms with Gasteiger partial charge in [-0.2, -0.15) is 0 Å². The first-order valence-electron chi connectivity index (χ1n) is 7.69. The molecule has 1 aromatic rings. The molecule has 2 fully saturated rings. The number of carbonyl (C=O) groups is 1. The quantitative estimate of drug-likeness (QED) is 0.824. The molecule has 1 amide bonds. The van der Waals surface area contributed by atoms with Gasteiger partial charge in [-0.25, -0.2) is 0 Å². The number of nitrogens with one attached hydrogen (secondary N) is 2. The van der Waals surface area contributed by atoms with Crippen LogP contribution in [0.15, 0.2) is 30.3 Å². The molecule has 2 heterocycles. The largest absolute Gasteiger partial charge is 0.379 e. The minimum atomic E-state index is 0.0531. The lowest BCUT2D eigenvalue weighted by Crippen LogP contribution is -2.52. The Hall–Kier alpha value is -1.43. The van der Waals surface area contributed by atoms with Crippen molar-refractivity contribution in [1.82, 2.24) is 15.5 Å². The maximum atomic E-state index is 12.3. The molecule has 2 aliphatic rings. The Morgan fingerprint density at radius 3 is 2.62 bits per heavy atom. The summed E-state index contributed by atoms with van der Waals surface area (Å²) in [7, 11) is 0. The van der Waals surface area contributed by atoms with Crippen LogP contribution in [-0.2, 0) is 9.53 Å². The molecule has 2 N–H and O–H groups in total. The van der Waals surface area contributed by atoms with Crippen molar-refractivity contribution in [1.29, 1.82) is 0 Å². The highest BCUT2D eigenvalue weighted by Crippen LogP contribution is 2.16. The summed E-state index contributed by atoms with van der Waals surface area (Å²) in [6.07, 6.45) is 0. The number of nitrogens with zero attached hydrogens (tertiary/aromatic N) is 1. The van der Waals surface area contributed by atoms with Crippen LogP contribution in [0.1, 0.15) is 11.6 Å². The number of benzene rings is 1. The molecule has 21 heavy (non-hydrogen) atoms. The Labute approximate surface area is 125 Å². The second-order valence-corrected chi connectivity index (χ2v) is 5.74. The molecule has 114 valence electrons. The first-order valence-corrected chi connectivity index (χ1v) is 7.69. The van der Waals surface area contributed by atoms with Gasteiger partial charge >= 0.3 is 0 Å². The average Bonchev–Trinajstić information content (AvgIpc) is 2.47. The van der Waals surface area contributed by atoms with Gasteiger partial charge < -0.3 is 15.4 Å². The number of rotatable bonds is 5. The Balaban J connectivity index is 1.66. The fraction of sp³-hybridized carbons (Fsp3) is 0.562. The second kappa shape index (κ2) is 7.02. The zero-order valence-corrected chi connectivity index (χ0v) is 12.3. The highest BCUT2D eigenvalue weighted by molar-refractivity contribution is 5.80. The molecule has 5 nitrogen and oxygen atoms in total. The van der Waals surface area contributed by atoms with Crippen molar-refractivity contribution in [2.75, 3.05) is 45.9 Å². The van der Waals surface area contributed by atoms with Gasteiger partial charge in [-0.15, -0.1) is 0 Å². The molecule has 5 heteroatoms. The number of hydrogen-bond acceptors (Lipinski definition) is 4. The van der Waals surface area contributed by atoms with E-state index >= 15 is 0 Å². The minimum Gasteiger partial charge on any atom is -0.379 e. The second-order valence-electron chi connectivity index (χ2n) is 5.74. The number of morpholine rings is 1. The zero-order valence-electron chi connectivity index (χ0n) is 12.3. The summed E-state index contributed by atoms with van der Waals surface area (Å²) in [6.45, 7) is 5.87. The third-order valence-electron chi connectivity index (χ3n) is 4.22. The van der Waals surface area contributed by atoms with Crippen LogP contribution in [0.5, 0.6) is 0 Å². The summed E-state index contributed by atoms with van der Waals surface area (Å²) in [4.78, 5) is 14.6. The molecule has 3 rings (SSSR count). The van der Waals surface area contributed by atoms with Crippen molar-refractivity contribution in [2.45, 2.75) is 6.04 Å². The Bertz CT molecular complexity index is 456. The molecule has 2 saturated heterocycles. The third-order valence-corrected chi connectivity index (χ3v) is 4.22. The SMILES string of the molecule is O=C(NC(CN1CCOCC1)c1ccccc1)C1CNC1. The molecule has 1 aromatic carbocycles. The van der Waals surface area contributed by atoms with Gasteiger partial charge in [-0.05, 0) is 5.56 Å². The van der Waals surface area contributed by atoms with Gasteiger partial charge in [0.25, 0.3) is 0 Å². The highest BCUT2D eigenvalue weighted by atomic mass is 16.5. The fourth-order valence-electron chi connectivity index (χ4n) is 2.73. The first-order chi connectivity index (χ1) is 10.3. The smallest absolute Gasteiger partial charge is 0.226 e. The van der Waals surface area contributed by atoms with Crippen LogP contribution >= 0.6 is 0 Å². The summed E-state index contributed by atoms with van der Waals surface area (Å²) in [5, 5.41) is 6.37. The van der Waals surface area contributed by atoms with Crippen LogP contribution in [0.25, 0.3) is 0 Å². The van der Waals surface area contributed by atoms with Gasteiger partial charge in [0.05, 0.1) is 25.2 Å². The number of hydrogen-bond donors (Lipinski definition) is 2. The van der Waals surface area contributed by atoms with Crippen molar-refractivity contribution in [3.63, 3.8) is 0 Å². The monoisotopic (exact) mass is 289 g/mol. The summed E-state index contributed by atoms with van der Waals surface area (Å²) >= 11 is 0. The van der Waals surface area contributed by atoms with E-state index in [-0.39, 0.29) is 17.9 Å². The van der Waals surface area contributed by atoms with Gasteiger partial charge in [0, 0.05) is 32.7 Å².